The maximum Gasteiger partial charge on any atom is 0.305 e. The van der Waals surface area contributed by atoms with Crippen LogP contribution in [0.15, 0.2) is 0 Å². The molecule has 0 amide bonds. The van der Waals surface area contributed by atoms with Crippen LogP contribution >= 0.6 is 0 Å². The average molecular weight is 401 g/mol. The summed E-state index contributed by atoms with van der Waals surface area (Å²) in [6.07, 6.45) is 15.3. The molecule has 1 N–H and O–H groups in total. The Morgan fingerprint density at radius 3 is 1.61 bits per heavy atom. The predicted octanol–water partition coefficient (Wildman–Crippen LogP) is 5.72. The van der Waals surface area contributed by atoms with Crippen LogP contribution in [0.2, 0.25) is 0 Å². The lowest BCUT2D eigenvalue weighted by atomic mass is 10.1. The van der Waals surface area contributed by atoms with Crippen LogP contribution in [0.1, 0.15) is 117 Å². The van der Waals surface area contributed by atoms with Gasteiger partial charge in [-0.25, -0.2) is 0 Å². The maximum atomic E-state index is 11.7. The minimum Gasteiger partial charge on any atom is -0.466 e. The minimum atomic E-state index is -0.778. The van der Waals surface area contributed by atoms with Gasteiger partial charge in [0.25, 0.3) is 0 Å². The zero-order chi connectivity index (χ0) is 20.9. The first-order valence-electron chi connectivity index (χ1n) is 11.6. The number of aliphatic hydroxyl groups excluding tert-OH is 1. The number of hydrogen-bond acceptors (Lipinski definition) is 5. The summed E-state index contributed by atoms with van der Waals surface area (Å²) in [5.41, 5.74) is 0. The van der Waals surface area contributed by atoms with Gasteiger partial charge in [0.05, 0.1) is 12.7 Å². The van der Waals surface area contributed by atoms with Crippen molar-refractivity contribution in [2.24, 2.45) is 0 Å². The topological polar surface area (TPSA) is 72.8 Å². The lowest BCUT2D eigenvalue weighted by Gasteiger charge is -2.12. The van der Waals surface area contributed by atoms with E-state index in [1.54, 1.807) is 0 Å². The quantitative estimate of drug-likeness (QED) is 0.209. The van der Waals surface area contributed by atoms with Gasteiger partial charge >= 0.3 is 11.9 Å². The van der Waals surface area contributed by atoms with Crippen LogP contribution in [0.25, 0.3) is 0 Å². The van der Waals surface area contributed by atoms with Gasteiger partial charge in [-0.05, 0) is 12.8 Å². The smallest absolute Gasteiger partial charge is 0.305 e. The first-order valence-corrected chi connectivity index (χ1v) is 11.6. The Morgan fingerprint density at radius 2 is 1.11 bits per heavy atom. The molecule has 0 rings (SSSR count). The van der Waals surface area contributed by atoms with E-state index in [2.05, 4.69) is 13.8 Å². The maximum absolute atomic E-state index is 11.7. The summed E-state index contributed by atoms with van der Waals surface area (Å²) >= 11 is 0. The molecule has 1 atom stereocenters. The van der Waals surface area contributed by atoms with Crippen molar-refractivity contribution in [3.63, 3.8) is 0 Å². The molecule has 28 heavy (non-hydrogen) atoms. The molecule has 0 aliphatic heterocycles. The van der Waals surface area contributed by atoms with Gasteiger partial charge < -0.3 is 14.6 Å². The predicted molar refractivity (Wildman–Crippen MR) is 113 cm³/mol. The van der Waals surface area contributed by atoms with Gasteiger partial charge in [0, 0.05) is 19.3 Å². The highest BCUT2D eigenvalue weighted by Crippen LogP contribution is 2.10. The second kappa shape index (κ2) is 20.6. The molecule has 0 saturated heterocycles. The Labute approximate surface area is 172 Å². The summed E-state index contributed by atoms with van der Waals surface area (Å²) in [5, 5.41) is 9.83. The van der Waals surface area contributed by atoms with Crippen LogP contribution in [0.4, 0.5) is 0 Å². The highest BCUT2D eigenvalue weighted by molar-refractivity contribution is 5.69. The van der Waals surface area contributed by atoms with E-state index in [1.807, 2.05) is 0 Å². The molecule has 0 aromatic carbocycles. The lowest BCUT2D eigenvalue weighted by Crippen LogP contribution is -2.21. The molecule has 0 radical (unpaired) electrons. The van der Waals surface area contributed by atoms with Gasteiger partial charge in [-0.15, -0.1) is 0 Å². The normalized spacial score (nSPS) is 12.0. The van der Waals surface area contributed by atoms with Crippen molar-refractivity contribution in [3.8, 4) is 0 Å². The van der Waals surface area contributed by atoms with E-state index in [1.165, 1.54) is 57.8 Å². The van der Waals surface area contributed by atoms with E-state index in [4.69, 9.17) is 9.47 Å². The minimum absolute atomic E-state index is 0.0235. The number of unbranched alkanes of at least 4 members (excludes halogenated alkanes) is 11. The van der Waals surface area contributed by atoms with Crippen LogP contribution < -0.4 is 0 Å². The van der Waals surface area contributed by atoms with Crippen LogP contribution in [0.5, 0.6) is 0 Å². The highest BCUT2D eigenvalue weighted by atomic mass is 16.5. The molecule has 166 valence electrons. The number of hydrogen-bond donors (Lipinski definition) is 1. The summed E-state index contributed by atoms with van der Waals surface area (Å²) in [6, 6.07) is 0. The number of carbonyl (C=O) groups is 2. The van der Waals surface area contributed by atoms with Gasteiger partial charge in [0.15, 0.2) is 0 Å². The molecule has 1 unspecified atom stereocenters. The van der Waals surface area contributed by atoms with Crippen molar-refractivity contribution >= 4 is 11.9 Å². The van der Waals surface area contributed by atoms with Crippen LogP contribution in [-0.2, 0) is 19.1 Å². The third kappa shape index (κ3) is 19.7. The molecule has 0 fully saturated rings. The van der Waals surface area contributed by atoms with E-state index < -0.39 is 6.10 Å². The van der Waals surface area contributed by atoms with Gasteiger partial charge in [-0.3, -0.25) is 9.59 Å². The summed E-state index contributed by atoms with van der Waals surface area (Å²) < 4.78 is 10.2. The first-order chi connectivity index (χ1) is 13.6. The number of aliphatic hydroxyl groups is 1. The molecule has 0 heterocycles. The SMILES string of the molecule is CCCCCCCCCC(=O)OCC(O)CCOC(=O)CCCCCCCC. The van der Waals surface area contributed by atoms with Crippen LogP contribution in [0, 0.1) is 0 Å². The summed E-state index contributed by atoms with van der Waals surface area (Å²) in [4.78, 5) is 23.3. The van der Waals surface area contributed by atoms with Crippen molar-refractivity contribution in [1.29, 1.82) is 0 Å². The molecule has 0 spiro atoms. The van der Waals surface area contributed by atoms with Crippen LogP contribution in [0.3, 0.4) is 0 Å². The molecular weight excluding hydrogens is 356 g/mol. The molecule has 0 saturated carbocycles. The van der Waals surface area contributed by atoms with Gasteiger partial charge in [0.1, 0.15) is 6.61 Å². The van der Waals surface area contributed by atoms with Crippen molar-refractivity contribution < 1.29 is 24.2 Å². The fourth-order valence-corrected chi connectivity index (χ4v) is 3.00. The number of esters is 2. The van der Waals surface area contributed by atoms with Crippen LogP contribution in [-0.4, -0.2) is 36.4 Å². The molecule has 0 aromatic heterocycles. The standard InChI is InChI=1S/C23H44O5/c1-3-5-7-9-11-13-15-17-23(26)28-20-21(24)18-19-27-22(25)16-14-12-10-8-6-4-2/h21,24H,3-20H2,1-2H3. The van der Waals surface area contributed by atoms with E-state index in [-0.39, 0.29) is 25.2 Å². The Hall–Kier alpha value is -1.10. The molecule has 5 heteroatoms. The third-order valence-corrected chi connectivity index (χ3v) is 4.87. The Kier molecular flexibility index (Phi) is 19.8. The van der Waals surface area contributed by atoms with Gasteiger partial charge in [-0.2, -0.15) is 0 Å². The zero-order valence-corrected chi connectivity index (χ0v) is 18.4. The third-order valence-electron chi connectivity index (χ3n) is 4.87. The van der Waals surface area contributed by atoms with Crippen molar-refractivity contribution in [2.45, 2.75) is 123 Å². The second-order valence-electron chi connectivity index (χ2n) is 7.74. The number of ether oxygens (including phenoxy) is 2. The zero-order valence-electron chi connectivity index (χ0n) is 18.4. The van der Waals surface area contributed by atoms with Crippen molar-refractivity contribution in [1.82, 2.24) is 0 Å². The first kappa shape index (κ1) is 26.9. The van der Waals surface area contributed by atoms with E-state index in [0.29, 0.717) is 19.3 Å². The van der Waals surface area contributed by atoms with E-state index >= 15 is 0 Å². The Morgan fingerprint density at radius 1 is 0.679 bits per heavy atom. The fourth-order valence-electron chi connectivity index (χ4n) is 3.00. The molecule has 0 aliphatic rings. The number of carbonyl (C=O) groups excluding carboxylic acids is 2. The highest BCUT2D eigenvalue weighted by Gasteiger charge is 2.10. The fraction of sp³-hybridized carbons (Fsp3) is 0.913. The molecule has 0 aromatic rings. The number of rotatable bonds is 20. The molecule has 0 aliphatic carbocycles. The molecular formula is C23H44O5. The molecule has 0 bridgehead atoms. The van der Waals surface area contributed by atoms with E-state index in [9.17, 15) is 14.7 Å². The molecule has 5 nitrogen and oxygen atoms in total. The van der Waals surface area contributed by atoms with Crippen molar-refractivity contribution in [3.05, 3.63) is 0 Å². The lowest BCUT2D eigenvalue weighted by molar-refractivity contribution is -0.149. The van der Waals surface area contributed by atoms with Crippen molar-refractivity contribution in [2.75, 3.05) is 13.2 Å². The Bertz CT molecular complexity index is 370. The summed E-state index contributed by atoms with van der Waals surface area (Å²) in [5.74, 6) is -0.466. The summed E-state index contributed by atoms with van der Waals surface area (Å²) in [7, 11) is 0. The second-order valence-corrected chi connectivity index (χ2v) is 7.74. The average Bonchev–Trinajstić information content (AvgIpc) is 2.68. The summed E-state index contributed by atoms with van der Waals surface area (Å²) in [6.45, 7) is 4.53. The Balaban J connectivity index is 3.46. The van der Waals surface area contributed by atoms with E-state index in [0.717, 1.165) is 25.7 Å². The largest absolute Gasteiger partial charge is 0.466 e. The monoisotopic (exact) mass is 400 g/mol. The van der Waals surface area contributed by atoms with Gasteiger partial charge in [0.2, 0.25) is 0 Å². The van der Waals surface area contributed by atoms with Gasteiger partial charge in [-0.1, -0.05) is 84.5 Å².